The van der Waals surface area contributed by atoms with Gasteiger partial charge in [0.05, 0.1) is 0 Å². The smallest absolute Gasteiger partial charge is 0.0354 e. The van der Waals surface area contributed by atoms with Crippen molar-refractivity contribution in [3.63, 3.8) is 0 Å². The summed E-state index contributed by atoms with van der Waals surface area (Å²) in [7, 11) is 8.65. The molecule has 0 fully saturated rings. The van der Waals surface area contributed by atoms with Crippen LogP contribution >= 0.6 is 0 Å². The molecule has 0 amide bonds. The van der Waals surface area contributed by atoms with Crippen LogP contribution in [0.4, 0.5) is 0 Å². The van der Waals surface area contributed by atoms with Crippen LogP contribution < -0.4 is 10.6 Å². The number of nitrogens with zero attached hydrogens (tertiary/aromatic N) is 3. The molecule has 2 N–H and O–H groups in total. The lowest BCUT2D eigenvalue weighted by Crippen LogP contribution is -2.43. The molecule has 0 aromatic rings. The summed E-state index contributed by atoms with van der Waals surface area (Å²) in [5, 5.41) is 6.67. The van der Waals surface area contributed by atoms with Gasteiger partial charge in [0, 0.05) is 44.6 Å². The van der Waals surface area contributed by atoms with Crippen LogP contribution in [0, 0.1) is 11.8 Å². The Hall–Kier alpha value is -1.20. The summed E-state index contributed by atoms with van der Waals surface area (Å²) >= 11 is 0. The Bertz CT molecular complexity index is 459. The van der Waals surface area contributed by atoms with E-state index in [0.29, 0.717) is 17.9 Å². The maximum atomic E-state index is 3.36. The molecule has 2 aliphatic heterocycles. The fourth-order valence-corrected chi connectivity index (χ4v) is 4.16. The van der Waals surface area contributed by atoms with Gasteiger partial charge in [-0.2, -0.15) is 0 Å². The van der Waals surface area contributed by atoms with E-state index < -0.39 is 0 Å². The van der Waals surface area contributed by atoms with Crippen LogP contribution in [-0.2, 0) is 0 Å². The Kier molecular flexibility index (Phi) is 8.79. The largest absolute Gasteiger partial charge is 0.391 e. The third-order valence-electron chi connectivity index (χ3n) is 5.88. The van der Waals surface area contributed by atoms with Crippen molar-refractivity contribution < 1.29 is 0 Å². The van der Waals surface area contributed by atoms with Crippen molar-refractivity contribution in [2.45, 2.75) is 38.6 Å². The van der Waals surface area contributed by atoms with E-state index in [4.69, 9.17) is 0 Å². The molecule has 0 aromatic heterocycles. The van der Waals surface area contributed by atoms with Gasteiger partial charge >= 0.3 is 0 Å². The van der Waals surface area contributed by atoms with Gasteiger partial charge in [-0.25, -0.2) is 0 Å². The minimum absolute atomic E-state index is 0.598. The van der Waals surface area contributed by atoms with E-state index in [1.54, 1.807) is 0 Å². The Balaban J connectivity index is 2.10. The first kappa shape index (κ1) is 21.1. The highest BCUT2D eigenvalue weighted by molar-refractivity contribution is 5.09. The third-order valence-corrected chi connectivity index (χ3v) is 5.88. The maximum Gasteiger partial charge on any atom is 0.0354 e. The van der Waals surface area contributed by atoms with Crippen molar-refractivity contribution >= 4 is 0 Å². The van der Waals surface area contributed by atoms with Crippen molar-refractivity contribution in [2.24, 2.45) is 11.8 Å². The van der Waals surface area contributed by atoms with E-state index >= 15 is 0 Å². The van der Waals surface area contributed by atoms with Gasteiger partial charge in [0.2, 0.25) is 0 Å². The maximum absolute atomic E-state index is 3.36. The molecule has 2 heterocycles. The molecule has 0 saturated heterocycles. The highest BCUT2D eigenvalue weighted by atomic mass is 15.2. The molecular formula is C21H41N5. The lowest BCUT2D eigenvalue weighted by Gasteiger charge is -2.41. The van der Waals surface area contributed by atoms with E-state index in [9.17, 15) is 0 Å². The molecular weight excluding hydrogens is 322 g/mol. The van der Waals surface area contributed by atoms with Crippen molar-refractivity contribution in [1.82, 2.24) is 25.3 Å². The number of allylic oxidation sites excluding steroid dienone is 2. The van der Waals surface area contributed by atoms with Crippen LogP contribution in [0.3, 0.4) is 0 Å². The van der Waals surface area contributed by atoms with E-state index in [2.05, 4.69) is 71.9 Å². The molecule has 5 nitrogen and oxygen atoms in total. The van der Waals surface area contributed by atoms with Gasteiger partial charge < -0.3 is 25.3 Å². The van der Waals surface area contributed by atoms with E-state index in [0.717, 1.165) is 26.2 Å². The topological polar surface area (TPSA) is 33.8 Å². The first-order valence-corrected chi connectivity index (χ1v) is 10.4. The SMILES string of the molecule is CNCCC(C)N1CCN(C)C=C1CC(CCN(C)C)C1C=CNCC1. The minimum atomic E-state index is 0.598. The average molecular weight is 364 g/mol. The average Bonchev–Trinajstić information content (AvgIpc) is 2.63. The molecule has 0 aromatic carbocycles. The molecule has 0 spiro atoms. The summed E-state index contributed by atoms with van der Waals surface area (Å²) in [6.07, 6.45) is 11.9. The number of hydrogen-bond acceptors (Lipinski definition) is 5. The number of nitrogens with one attached hydrogen (secondary N) is 2. The highest BCUT2D eigenvalue weighted by Crippen LogP contribution is 2.32. The fraction of sp³-hybridized carbons (Fsp3) is 0.810. The first-order chi connectivity index (χ1) is 12.5. The number of likely N-dealkylation sites (N-methyl/N-ethyl adjacent to an activating group) is 1. The lowest BCUT2D eigenvalue weighted by molar-refractivity contribution is 0.180. The second kappa shape index (κ2) is 10.8. The Morgan fingerprint density at radius 1 is 1.31 bits per heavy atom. The second-order valence-corrected chi connectivity index (χ2v) is 8.36. The van der Waals surface area contributed by atoms with Crippen LogP contribution in [0.2, 0.25) is 0 Å². The third kappa shape index (κ3) is 6.51. The van der Waals surface area contributed by atoms with Crippen molar-refractivity contribution in [3.05, 3.63) is 24.2 Å². The van der Waals surface area contributed by atoms with Gasteiger partial charge in [0.15, 0.2) is 0 Å². The minimum Gasteiger partial charge on any atom is -0.391 e. The fourth-order valence-electron chi connectivity index (χ4n) is 4.16. The Morgan fingerprint density at radius 3 is 2.77 bits per heavy atom. The zero-order valence-corrected chi connectivity index (χ0v) is 17.7. The molecule has 3 unspecified atom stereocenters. The molecule has 150 valence electrons. The van der Waals surface area contributed by atoms with E-state index in [1.165, 1.54) is 37.9 Å². The zero-order valence-electron chi connectivity index (χ0n) is 17.7. The predicted octanol–water partition coefficient (Wildman–Crippen LogP) is 2.15. The molecule has 2 aliphatic rings. The lowest BCUT2D eigenvalue weighted by atomic mass is 9.82. The van der Waals surface area contributed by atoms with Crippen LogP contribution in [0.15, 0.2) is 24.2 Å². The quantitative estimate of drug-likeness (QED) is 0.622. The zero-order chi connectivity index (χ0) is 18.9. The molecule has 0 radical (unpaired) electrons. The predicted molar refractivity (Wildman–Crippen MR) is 112 cm³/mol. The normalized spacial score (nSPS) is 23.0. The summed E-state index contributed by atoms with van der Waals surface area (Å²) in [6, 6.07) is 0.598. The Labute approximate surface area is 161 Å². The molecule has 5 heteroatoms. The van der Waals surface area contributed by atoms with Gasteiger partial charge in [-0.05, 0) is 84.9 Å². The van der Waals surface area contributed by atoms with Crippen LogP contribution in [0.25, 0.3) is 0 Å². The van der Waals surface area contributed by atoms with Crippen molar-refractivity contribution in [1.29, 1.82) is 0 Å². The van der Waals surface area contributed by atoms with Crippen molar-refractivity contribution in [3.8, 4) is 0 Å². The van der Waals surface area contributed by atoms with E-state index in [1.807, 2.05) is 7.05 Å². The molecule has 0 saturated carbocycles. The molecule has 0 aliphatic carbocycles. The monoisotopic (exact) mass is 363 g/mol. The highest BCUT2D eigenvalue weighted by Gasteiger charge is 2.27. The summed E-state index contributed by atoms with van der Waals surface area (Å²) in [4.78, 5) is 7.37. The van der Waals surface area contributed by atoms with Crippen LogP contribution in [0.1, 0.15) is 32.6 Å². The standard InChI is InChI=1S/C21H41N5/c1-18(6-10-22-2)26-15-14-25(5)17-21(26)16-20(9-13-24(3)4)19-7-11-23-12-8-19/h7,11,17-20,22-23H,6,8-10,12-16H2,1-5H3. The van der Waals surface area contributed by atoms with Gasteiger partial charge in [-0.15, -0.1) is 0 Å². The van der Waals surface area contributed by atoms with Gasteiger partial charge in [0.1, 0.15) is 0 Å². The second-order valence-electron chi connectivity index (χ2n) is 8.36. The molecule has 3 atom stereocenters. The summed E-state index contributed by atoms with van der Waals surface area (Å²) in [6.45, 7) is 8.03. The molecule has 0 bridgehead atoms. The van der Waals surface area contributed by atoms with Gasteiger partial charge in [-0.3, -0.25) is 0 Å². The summed E-state index contributed by atoms with van der Waals surface area (Å²) < 4.78 is 0. The summed E-state index contributed by atoms with van der Waals surface area (Å²) in [5.74, 6) is 1.41. The van der Waals surface area contributed by atoms with Crippen LogP contribution in [0.5, 0.6) is 0 Å². The molecule has 26 heavy (non-hydrogen) atoms. The Morgan fingerprint density at radius 2 is 2.12 bits per heavy atom. The van der Waals surface area contributed by atoms with E-state index in [-0.39, 0.29) is 0 Å². The summed E-state index contributed by atoms with van der Waals surface area (Å²) in [5.41, 5.74) is 1.54. The number of hydrogen-bond donors (Lipinski definition) is 2. The van der Waals surface area contributed by atoms with Crippen molar-refractivity contribution in [2.75, 3.05) is 60.9 Å². The first-order valence-electron chi connectivity index (χ1n) is 10.4. The molecule has 2 rings (SSSR count). The van der Waals surface area contributed by atoms with Gasteiger partial charge in [0.25, 0.3) is 0 Å². The number of rotatable bonds is 10. The van der Waals surface area contributed by atoms with Crippen LogP contribution in [-0.4, -0.2) is 81.7 Å². The van der Waals surface area contributed by atoms with Gasteiger partial charge in [-0.1, -0.05) is 6.08 Å².